The Labute approximate surface area is 590 Å². The van der Waals surface area contributed by atoms with Crippen molar-refractivity contribution in [2.75, 3.05) is 80.5 Å². The lowest BCUT2D eigenvalue weighted by molar-refractivity contribution is -0.141. The number of rotatable bonds is 46. The molecular formula is C64H116N20O17. The number of aliphatic carboxylic acids is 4. The lowest BCUT2D eigenvalue weighted by atomic mass is 10.0. The van der Waals surface area contributed by atoms with E-state index in [1.165, 1.54) is 45.3 Å². The first-order valence-electron chi connectivity index (χ1n) is 33.1. The zero-order valence-corrected chi connectivity index (χ0v) is 59.6. The van der Waals surface area contributed by atoms with Crippen LogP contribution >= 0.6 is 0 Å². The highest BCUT2D eigenvalue weighted by Gasteiger charge is 2.26. The number of nitrogens with zero attached hydrogens (tertiary/aromatic N) is 4. The van der Waals surface area contributed by atoms with Gasteiger partial charge in [0, 0.05) is 78.0 Å². The molecule has 8 atom stereocenters. The van der Waals surface area contributed by atoms with Crippen molar-refractivity contribution in [3.05, 3.63) is 65.7 Å². The van der Waals surface area contributed by atoms with E-state index in [0.29, 0.717) is 84.0 Å². The molecule has 0 saturated carbocycles. The molecule has 0 aliphatic rings. The third kappa shape index (κ3) is 51.2. The van der Waals surface area contributed by atoms with Crippen molar-refractivity contribution in [1.82, 2.24) is 63.0 Å². The van der Waals surface area contributed by atoms with E-state index in [0.717, 1.165) is 26.2 Å². The van der Waals surface area contributed by atoms with Crippen LogP contribution in [-0.2, 0) is 70.4 Å². The molecule has 2 aromatic rings. The number of hydrazine groups is 4. The number of carboxylic acid groups (broad SMARTS) is 4. The van der Waals surface area contributed by atoms with E-state index < -0.39 is 102 Å². The van der Waals surface area contributed by atoms with Crippen molar-refractivity contribution in [3.8, 4) is 5.75 Å². The maximum atomic E-state index is 12.4. The number of likely N-dealkylation sites (N-methyl/N-ethyl adjacent to an activating group) is 4. The van der Waals surface area contributed by atoms with Crippen molar-refractivity contribution < 1.29 is 83.1 Å². The van der Waals surface area contributed by atoms with Crippen LogP contribution in [0.3, 0.4) is 0 Å². The van der Waals surface area contributed by atoms with Gasteiger partial charge in [0.2, 0.25) is 47.3 Å². The van der Waals surface area contributed by atoms with Gasteiger partial charge in [-0.3, -0.25) is 79.2 Å². The number of phenolic OH excluding ortho intramolecular Hbond substituents is 1. The van der Waals surface area contributed by atoms with Gasteiger partial charge in [-0.25, -0.2) is 20.0 Å². The van der Waals surface area contributed by atoms with Crippen LogP contribution in [0, 0.1) is 11.8 Å². The minimum atomic E-state index is -1.07. The summed E-state index contributed by atoms with van der Waals surface area (Å²) >= 11 is 0. The van der Waals surface area contributed by atoms with Gasteiger partial charge >= 0.3 is 23.9 Å². The molecule has 101 heavy (non-hydrogen) atoms. The molecule has 2 rings (SSSR count). The zero-order valence-electron chi connectivity index (χ0n) is 59.6. The standard InChI is InChI=1S/C18H29N5O5.C18H29N5O4.2C14H29N5O4/c1-23(11-17(26)27)22-16(25)10-13(3-2-8-19)21-18(28)15(20)9-12-4-6-14(24)7-5-12;1-23(12-17(25)26)22-16(24)11-14(8-5-9-19)21-18(27)15(20)10-13-6-3-2-4-7-13;2*1-9(2)6-11(16)14(23)17-10(4-5-15)7-12(20)18-19(3)8-13(21)22/h4-7,13,15,24H,2-3,8-11,19-20H2,1H3,(H,21,28)(H,22,25)(H,26,27);2-4,6-7,14-15H,5,8-12,19-20H2,1H3,(H,21,27)(H,22,24)(H,25,26);2*9-11H,4-8,15-16H2,1-3H3,(H,17,23)(H,18,20)(H,21,22)/t13-,15-;14-,15-;2*10-,11-/m0000/s1. The molecule has 8 amide bonds. The summed E-state index contributed by atoms with van der Waals surface area (Å²) in [7, 11) is 5.78. The quantitative estimate of drug-likeness (QED) is 0.0277. The molecule has 574 valence electrons. The number of benzene rings is 2. The van der Waals surface area contributed by atoms with Crippen molar-refractivity contribution in [3.63, 3.8) is 0 Å². The average Bonchev–Trinajstić information content (AvgIpc) is 0.949. The van der Waals surface area contributed by atoms with Crippen LogP contribution < -0.4 is 88.8 Å². The van der Waals surface area contributed by atoms with Crippen molar-refractivity contribution in [2.45, 2.75) is 166 Å². The van der Waals surface area contributed by atoms with Gasteiger partial charge in [-0.1, -0.05) is 70.2 Å². The smallest absolute Gasteiger partial charge is 0.319 e. The summed E-state index contributed by atoms with van der Waals surface area (Å²) in [6, 6.07) is 11.2. The number of aromatic hydroxyl groups is 1. The topological polar surface area (TPSA) is 623 Å². The van der Waals surface area contributed by atoms with Crippen LogP contribution in [0.25, 0.3) is 0 Å². The first-order valence-corrected chi connectivity index (χ1v) is 33.1. The molecule has 0 saturated heterocycles. The molecule has 0 aliphatic carbocycles. The Morgan fingerprint density at radius 1 is 0.376 bits per heavy atom. The molecule has 0 heterocycles. The second-order valence-electron chi connectivity index (χ2n) is 25.0. The van der Waals surface area contributed by atoms with Gasteiger partial charge in [0.05, 0.1) is 24.2 Å². The molecular weight excluding hydrogens is 1320 g/mol. The Kier molecular flexibility index (Phi) is 50.7. The lowest BCUT2D eigenvalue weighted by Crippen LogP contribution is -2.49. The maximum Gasteiger partial charge on any atom is 0.319 e. The zero-order chi connectivity index (χ0) is 77.3. The monoisotopic (exact) mass is 1440 g/mol. The number of hydrogen-bond acceptors (Lipinski definition) is 25. The van der Waals surface area contributed by atoms with Gasteiger partial charge in [0.1, 0.15) is 31.9 Å². The first-order chi connectivity index (χ1) is 47.3. The molecule has 0 unspecified atom stereocenters. The molecule has 0 spiro atoms. The fourth-order valence-corrected chi connectivity index (χ4v) is 9.33. The van der Waals surface area contributed by atoms with E-state index in [9.17, 15) is 62.6 Å². The lowest BCUT2D eigenvalue weighted by Gasteiger charge is -2.22. The predicted molar refractivity (Wildman–Crippen MR) is 377 cm³/mol. The molecule has 37 heteroatoms. The number of phenols is 1. The number of nitrogens with two attached hydrogens (primary N) is 8. The third-order valence-electron chi connectivity index (χ3n) is 13.9. The maximum absolute atomic E-state index is 12.4. The Morgan fingerprint density at radius 3 is 0.881 bits per heavy atom. The second kappa shape index (κ2) is 54.2. The summed E-state index contributed by atoms with van der Waals surface area (Å²) in [6.45, 7) is 8.02. The molecule has 37 nitrogen and oxygen atoms in total. The Morgan fingerprint density at radius 2 is 0.634 bits per heavy atom. The van der Waals surface area contributed by atoms with E-state index in [1.54, 1.807) is 12.1 Å². The third-order valence-corrected chi connectivity index (χ3v) is 13.9. The SMILES string of the molecule is CC(C)C[C@H](N)C(=O)N[C@@H](CCN)CC(=O)NN(C)CC(=O)O.CC(C)C[C@H](N)C(=O)N[C@@H](CCN)CC(=O)NN(C)CC(=O)O.CN(CC(=O)O)NC(=O)C[C@H](CCCN)NC(=O)[C@@H](N)Cc1ccc(O)cc1.CN(CC(=O)O)NC(=O)C[C@H](CCCN)NC(=O)[C@@H](N)Cc1ccccc1. The normalized spacial score (nSPS) is 13.3. The highest BCUT2D eigenvalue weighted by molar-refractivity contribution is 5.86. The van der Waals surface area contributed by atoms with Crippen LogP contribution in [0.15, 0.2) is 54.6 Å². The number of nitrogens with one attached hydrogen (secondary N) is 8. The van der Waals surface area contributed by atoms with Gasteiger partial charge in [0.25, 0.3) is 0 Å². The van der Waals surface area contributed by atoms with E-state index in [-0.39, 0.29) is 93.6 Å². The Bertz CT molecular complexity index is 2720. The van der Waals surface area contributed by atoms with Crippen LogP contribution in [0.1, 0.15) is 116 Å². The molecule has 0 bridgehead atoms. The minimum Gasteiger partial charge on any atom is -0.508 e. The minimum absolute atomic E-state index is 0.00129. The number of carbonyl (C=O) groups is 12. The molecule has 0 radical (unpaired) electrons. The summed E-state index contributed by atoms with van der Waals surface area (Å²) in [6.07, 6.45) is 4.87. The molecule has 2 aromatic carbocycles. The second-order valence-corrected chi connectivity index (χ2v) is 25.0. The number of carbonyl (C=O) groups excluding carboxylic acids is 8. The van der Waals surface area contributed by atoms with Gasteiger partial charge in [-0.2, -0.15) is 0 Å². The summed E-state index contributed by atoms with van der Waals surface area (Å²) in [5.41, 5.74) is 57.1. The fourth-order valence-electron chi connectivity index (χ4n) is 9.33. The van der Waals surface area contributed by atoms with Crippen LogP contribution in [0.5, 0.6) is 5.75 Å². The number of carboxylic acids is 4. The van der Waals surface area contributed by atoms with Gasteiger partial charge in [-0.15, -0.1) is 0 Å². The van der Waals surface area contributed by atoms with Crippen LogP contribution in [0.2, 0.25) is 0 Å². The van der Waals surface area contributed by atoms with Crippen molar-refractivity contribution in [1.29, 1.82) is 0 Å². The fraction of sp³-hybridized carbons (Fsp3) is 0.625. The van der Waals surface area contributed by atoms with E-state index in [4.69, 9.17) is 66.3 Å². The van der Waals surface area contributed by atoms with E-state index in [2.05, 4.69) is 43.0 Å². The Hall–Kier alpha value is -8.60. The predicted octanol–water partition coefficient (Wildman–Crippen LogP) is -4.60. The van der Waals surface area contributed by atoms with Gasteiger partial charge < -0.3 is 92.7 Å². The average molecular weight is 1440 g/mol. The summed E-state index contributed by atoms with van der Waals surface area (Å²) in [5.74, 6) is -6.52. The van der Waals surface area contributed by atoms with Crippen LogP contribution in [0.4, 0.5) is 0 Å². The summed E-state index contributed by atoms with van der Waals surface area (Å²) in [4.78, 5) is 139. The number of hydrogen-bond donors (Lipinski definition) is 21. The molecule has 0 aliphatic heterocycles. The highest BCUT2D eigenvalue weighted by atomic mass is 16.4. The van der Waals surface area contributed by atoms with Gasteiger partial charge in [0.15, 0.2) is 0 Å². The van der Waals surface area contributed by atoms with E-state index in [1.807, 2.05) is 58.0 Å². The molecule has 29 N–H and O–H groups in total. The summed E-state index contributed by atoms with van der Waals surface area (Å²) in [5, 5.41) is 59.7. The number of amides is 8. The first kappa shape index (κ1) is 94.5. The van der Waals surface area contributed by atoms with Crippen molar-refractivity contribution >= 4 is 71.1 Å². The largest absolute Gasteiger partial charge is 0.508 e. The molecule has 0 aromatic heterocycles. The summed E-state index contributed by atoms with van der Waals surface area (Å²) < 4.78 is 0. The van der Waals surface area contributed by atoms with Gasteiger partial charge in [-0.05, 0) is 125 Å². The van der Waals surface area contributed by atoms with Crippen molar-refractivity contribution in [2.24, 2.45) is 57.7 Å². The highest BCUT2D eigenvalue weighted by Crippen LogP contribution is 2.13. The Balaban J connectivity index is 0. The molecule has 0 fully saturated rings. The van der Waals surface area contributed by atoms with E-state index >= 15 is 0 Å². The van der Waals surface area contributed by atoms with Crippen LogP contribution in [-0.4, -0.2) is 246 Å².